The van der Waals surface area contributed by atoms with Gasteiger partial charge in [-0.05, 0) is 39.5 Å². The van der Waals surface area contributed by atoms with Gasteiger partial charge in [-0.25, -0.2) is 0 Å². The molecule has 0 atom stereocenters. The third-order valence-electron chi connectivity index (χ3n) is 2.98. The molecule has 1 saturated heterocycles. The molecule has 1 aliphatic heterocycles. The van der Waals surface area contributed by atoms with Gasteiger partial charge in [-0.1, -0.05) is 0 Å². The minimum absolute atomic E-state index is 0.207. The first kappa shape index (κ1) is 8.24. The number of carbonyl (C=O) groups excluding carboxylic acids is 1. The number of rotatable bonds is 0. The van der Waals surface area contributed by atoms with E-state index in [1.165, 1.54) is 0 Å². The lowest BCUT2D eigenvalue weighted by atomic mass is 9.95. The lowest BCUT2D eigenvalue weighted by Crippen LogP contribution is -2.33. The Morgan fingerprint density at radius 1 is 1.25 bits per heavy atom. The van der Waals surface area contributed by atoms with Gasteiger partial charge in [0.25, 0.3) is 0 Å². The zero-order chi connectivity index (χ0) is 8.82. The van der Waals surface area contributed by atoms with Crippen LogP contribution in [0.4, 0.5) is 0 Å². The maximum atomic E-state index is 11.7. The third kappa shape index (κ3) is 1.09. The zero-order valence-corrected chi connectivity index (χ0v) is 7.85. The smallest absolute Gasteiger partial charge is 0.167 e. The van der Waals surface area contributed by atoms with Crippen molar-refractivity contribution in [1.29, 1.82) is 0 Å². The highest BCUT2D eigenvalue weighted by Crippen LogP contribution is 2.44. The largest absolute Gasteiger partial charge is 0.361 e. The molecule has 0 bridgehead atoms. The van der Waals surface area contributed by atoms with Gasteiger partial charge >= 0.3 is 0 Å². The molecule has 0 radical (unpaired) electrons. The van der Waals surface area contributed by atoms with Gasteiger partial charge in [0.1, 0.15) is 5.60 Å². The highest BCUT2D eigenvalue weighted by molar-refractivity contribution is 5.90. The Bertz CT molecular complexity index is 212. The van der Waals surface area contributed by atoms with Crippen molar-refractivity contribution in [2.75, 3.05) is 0 Å². The van der Waals surface area contributed by atoms with Crippen molar-refractivity contribution >= 4 is 5.78 Å². The summed E-state index contributed by atoms with van der Waals surface area (Å²) >= 11 is 0. The summed E-state index contributed by atoms with van der Waals surface area (Å²) in [5, 5.41) is 0. The van der Waals surface area contributed by atoms with E-state index in [0.717, 1.165) is 25.7 Å². The van der Waals surface area contributed by atoms with E-state index in [1.54, 1.807) is 0 Å². The Morgan fingerprint density at radius 3 is 2.25 bits per heavy atom. The average molecular weight is 168 g/mol. The van der Waals surface area contributed by atoms with Crippen molar-refractivity contribution in [2.24, 2.45) is 0 Å². The molecule has 1 spiro atoms. The molecule has 1 saturated carbocycles. The molecule has 68 valence electrons. The maximum Gasteiger partial charge on any atom is 0.167 e. The minimum Gasteiger partial charge on any atom is -0.361 e. The Labute approximate surface area is 73.3 Å². The molecule has 2 aliphatic rings. The molecule has 0 amide bonds. The van der Waals surface area contributed by atoms with Gasteiger partial charge in [0, 0.05) is 6.42 Å². The van der Waals surface area contributed by atoms with E-state index >= 15 is 0 Å². The van der Waals surface area contributed by atoms with Crippen molar-refractivity contribution in [3.8, 4) is 0 Å². The van der Waals surface area contributed by atoms with Crippen LogP contribution < -0.4 is 0 Å². The average Bonchev–Trinajstić information content (AvgIpc) is 2.42. The molecular weight excluding hydrogens is 152 g/mol. The van der Waals surface area contributed by atoms with Crippen LogP contribution in [0.5, 0.6) is 0 Å². The van der Waals surface area contributed by atoms with E-state index in [9.17, 15) is 4.79 Å². The predicted molar refractivity (Wildman–Crippen MR) is 46.0 cm³/mol. The molecule has 1 heterocycles. The Kier molecular flexibility index (Phi) is 1.59. The van der Waals surface area contributed by atoms with Crippen LogP contribution in [-0.4, -0.2) is 17.0 Å². The second-order valence-electron chi connectivity index (χ2n) is 4.66. The van der Waals surface area contributed by atoms with E-state index in [2.05, 4.69) is 0 Å². The SMILES string of the molecule is CC1(C)CC(=O)C2(CCCC2)O1. The van der Waals surface area contributed by atoms with Gasteiger partial charge in [-0.15, -0.1) is 0 Å². The zero-order valence-electron chi connectivity index (χ0n) is 7.85. The highest BCUT2D eigenvalue weighted by atomic mass is 16.5. The lowest BCUT2D eigenvalue weighted by Gasteiger charge is -2.25. The summed E-state index contributed by atoms with van der Waals surface area (Å²) in [5.41, 5.74) is -0.565. The fourth-order valence-electron chi connectivity index (χ4n) is 2.50. The fourth-order valence-corrected chi connectivity index (χ4v) is 2.50. The van der Waals surface area contributed by atoms with Gasteiger partial charge in [0.15, 0.2) is 5.78 Å². The normalized spacial score (nSPS) is 31.7. The summed E-state index contributed by atoms with van der Waals surface area (Å²) in [6.07, 6.45) is 4.82. The van der Waals surface area contributed by atoms with Crippen LogP contribution in [0.2, 0.25) is 0 Å². The van der Waals surface area contributed by atoms with Crippen LogP contribution in [-0.2, 0) is 9.53 Å². The molecule has 0 aromatic carbocycles. The van der Waals surface area contributed by atoms with E-state index < -0.39 is 0 Å². The van der Waals surface area contributed by atoms with Crippen LogP contribution in [0.3, 0.4) is 0 Å². The van der Waals surface area contributed by atoms with Crippen molar-refractivity contribution in [3.05, 3.63) is 0 Å². The van der Waals surface area contributed by atoms with Crippen LogP contribution in [0.1, 0.15) is 46.0 Å². The number of ketones is 1. The second-order valence-corrected chi connectivity index (χ2v) is 4.66. The number of carbonyl (C=O) groups is 1. The lowest BCUT2D eigenvalue weighted by molar-refractivity contribution is -0.136. The summed E-state index contributed by atoms with van der Waals surface area (Å²) < 4.78 is 5.86. The van der Waals surface area contributed by atoms with Crippen LogP contribution >= 0.6 is 0 Å². The standard InChI is InChI=1S/C10H16O2/c1-9(2)7-8(11)10(12-9)5-3-4-6-10/h3-7H2,1-2H3. The van der Waals surface area contributed by atoms with Crippen molar-refractivity contribution in [1.82, 2.24) is 0 Å². The molecule has 2 heteroatoms. The molecule has 2 rings (SSSR count). The second kappa shape index (κ2) is 2.32. The van der Waals surface area contributed by atoms with E-state index in [4.69, 9.17) is 4.74 Å². The van der Waals surface area contributed by atoms with Gasteiger partial charge in [0.2, 0.25) is 0 Å². The van der Waals surface area contributed by atoms with E-state index in [0.29, 0.717) is 12.2 Å². The van der Waals surface area contributed by atoms with E-state index in [1.807, 2.05) is 13.8 Å². The topological polar surface area (TPSA) is 26.3 Å². The first-order valence-electron chi connectivity index (χ1n) is 4.78. The molecule has 12 heavy (non-hydrogen) atoms. The minimum atomic E-state index is -0.358. The van der Waals surface area contributed by atoms with Crippen molar-refractivity contribution in [3.63, 3.8) is 0 Å². The summed E-state index contributed by atoms with van der Waals surface area (Å²) in [4.78, 5) is 11.7. The number of hydrogen-bond donors (Lipinski definition) is 0. The molecular formula is C10H16O2. The van der Waals surface area contributed by atoms with Gasteiger partial charge in [-0.3, -0.25) is 4.79 Å². The van der Waals surface area contributed by atoms with Crippen LogP contribution in [0.25, 0.3) is 0 Å². The first-order valence-corrected chi connectivity index (χ1v) is 4.78. The predicted octanol–water partition coefficient (Wildman–Crippen LogP) is 2.07. The van der Waals surface area contributed by atoms with Gasteiger partial charge in [0.05, 0.1) is 5.60 Å². The Balaban J connectivity index is 2.23. The fraction of sp³-hybridized carbons (Fsp3) is 0.900. The number of ether oxygens (including phenoxy) is 1. The van der Waals surface area contributed by atoms with Gasteiger partial charge < -0.3 is 4.74 Å². The van der Waals surface area contributed by atoms with Crippen LogP contribution in [0, 0.1) is 0 Å². The third-order valence-corrected chi connectivity index (χ3v) is 2.98. The first-order chi connectivity index (χ1) is 5.54. The Hall–Kier alpha value is -0.370. The molecule has 2 nitrogen and oxygen atoms in total. The summed E-state index contributed by atoms with van der Waals surface area (Å²) in [5.74, 6) is 0.338. The molecule has 0 aromatic heterocycles. The molecule has 0 aromatic rings. The van der Waals surface area contributed by atoms with Crippen molar-refractivity contribution in [2.45, 2.75) is 57.2 Å². The van der Waals surface area contributed by atoms with Gasteiger partial charge in [-0.2, -0.15) is 0 Å². The summed E-state index contributed by atoms with van der Waals surface area (Å²) in [7, 11) is 0. The monoisotopic (exact) mass is 168 g/mol. The summed E-state index contributed by atoms with van der Waals surface area (Å²) in [6, 6.07) is 0. The molecule has 1 aliphatic carbocycles. The number of Topliss-reactive ketones (excluding diaryl/α,β-unsaturated/α-hetero) is 1. The number of hydrogen-bond acceptors (Lipinski definition) is 2. The van der Waals surface area contributed by atoms with Crippen LogP contribution in [0.15, 0.2) is 0 Å². The molecule has 0 N–H and O–H groups in total. The summed E-state index contributed by atoms with van der Waals surface area (Å²) in [6.45, 7) is 4.02. The maximum absolute atomic E-state index is 11.7. The Morgan fingerprint density at radius 2 is 1.83 bits per heavy atom. The van der Waals surface area contributed by atoms with E-state index in [-0.39, 0.29) is 11.2 Å². The quantitative estimate of drug-likeness (QED) is 0.553. The molecule has 2 fully saturated rings. The van der Waals surface area contributed by atoms with Crippen molar-refractivity contribution < 1.29 is 9.53 Å². The highest BCUT2D eigenvalue weighted by Gasteiger charge is 2.52. The molecule has 0 unspecified atom stereocenters.